The second kappa shape index (κ2) is 2.44. The number of pyridine rings is 1. The molecule has 0 N–H and O–H groups in total. The van der Waals surface area contributed by atoms with Gasteiger partial charge in [0.05, 0.1) is 0 Å². The van der Waals surface area contributed by atoms with Gasteiger partial charge in [0, 0.05) is 15.5 Å². The molecule has 0 amide bonds. The largest absolute Gasteiger partial charge is 0.261 e. The fourth-order valence-electron chi connectivity index (χ4n) is 0.450. The van der Waals surface area contributed by atoms with Crippen LogP contribution in [0.1, 0.15) is 5.69 Å². The molecular weight excluding hydrogens is 213 g/mol. The zero-order valence-electron chi connectivity index (χ0n) is 4.56. The van der Waals surface area contributed by atoms with Crippen molar-refractivity contribution < 1.29 is 0 Å². The molecule has 0 radical (unpaired) electrons. The lowest BCUT2D eigenvalue weighted by Crippen LogP contribution is -1.77. The number of nitrogens with zero attached hydrogens (tertiary/aromatic N) is 1. The molecule has 8 heavy (non-hydrogen) atoms. The monoisotopic (exact) mass is 219 g/mol. The third-order valence-corrected chi connectivity index (χ3v) is 1.51. The Bertz CT molecular complexity index is 147. The maximum atomic E-state index is 4.07. The van der Waals surface area contributed by atoms with Gasteiger partial charge >= 0.3 is 0 Å². The van der Waals surface area contributed by atoms with E-state index in [-0.39, 0.29) is 0 Å². The molecule has 1 aromatic heterocycles. The summed E-state index contributed by atoms with van der Waals surface area (Å²) in [7, 11) is 0. The molecule has 0 fully saturated rings. The molecule has 0 aliphatic rings. The van der Waals surface area contributed by atoms with Gasteiger partial charge in [0.1, 0.15) is 0 Å². The van der Waals surface area contributed by atoms with E-state index in [1.165, 1.54) is 3.57 Å². The van der Waals surface area contributed by atoms with E-state index in [2.05, 4.69) is 27.6 Å². The highest BCUT2D eigenvalue weighted by atomic mass is 127. The predicted octanol–water partition coefficient (Wildman–Crippen LogP) is 1.99. The normalized spacial score (nSPS) is 9.25. The second-order valence-electron chi connectivity index (χ2n) is 1.62. The van der Waals surface area contributed by atoms with E-state index in [0.717, 1.165) is 5.69 Å². The van der Waals surface area contributed by atoms with Crippen LogP contribution in [0.2, 0.25) is 0 Å². The van der Waals surface area contributed by atoms with Crippen molar-refractivity contribution in [2.24, 2.45) is 0 Å². The Kier molecular flexibility index (Phi) is 1.83. The van der Waals surface area contributed by atoms with Gasteiger partial charge in [-0.1, -0.05) is 0 Å². The number of hydrogen-bond acceptors (Lipinski definition) is 1. The molecule has 1 nitrogen and oxygen atoms in total. The molecule has 0 aliphatic carbocycles. The zero-order chi connectivity index (χ0) is 5.98. The minimum Gasteiger partial charge on any atom is -0.261 e. The highest BCUT2D eigenvalue weighted by molar-refractivity contribution is 14.1. The first kappa shape index (κ1) is 6.01. The standard InChI is InChI=1S/C6H6IN/c1-5-2-3-6(7)4-8-5/h2-4H,1H3. The Hall–Kier alpha value is -0.120. The number of aromatic nitrogens is 1. The van der Waals surface area contributed by atoms with E-state index in [9.17, 15) is 0 Å². The number of rotatable bonds is 0. The lowest BCUT2D eigenvalue weighted by atomic mass is 10.4. The van der Waals surface area contributed by atoms with Gasteiger partial charge in [0.15, 0.2) is 0 Å². The first-order chi connectivity index (χ1) is 3.79. The SMILES string of the molecule is Cc1ccc(I)cn1. The van der Waals surface area contributed by atoms with Crippen molar-refractivity contribution in [3.05, 3.63) is 27.6 Å². The van der Waals surface area contributed by atoms with Crippen molar-refractivity contribution in [1.82, 2.24) is 4.98 Å². The van der Waals surface area contributed by atoms with Gasteiger partial charge in [0.25, 0.3) is 0 Å². The van der Waals surface area contributed by atoms with E-state index < -0.39 is 0 Å². The lowest BCUT2D eigenvalue weighted by Gasteiger charge is -1.87. The molecule has 42 valence electrons. The number of aryl methyl sites for hydroxylation is 1. The lowest BCUT2D eigenvalue weighted by molar-refractivity contribution is 1.19. The van der Waals surface area contributed by atoms with E-state index in [0.29, 0.717) is 0 Å². The summed E-state index contributed by atoms with van der Waals surface area (Å²) in [6, 6.07) is 4.05. The Morgan fingerprint density at radius 2 is 2.25 bits per heavy atom. The molecular formula is C6H6IN. The van der Waals surface area contributed by atoms with E-state index in [1.54, 1.807) is 0 Å². The zero-order valence-corrected chi connectivity index (χ0v) is 6.71. The van der Waals surface area contributed by atoms with Crippen LogP contribution >= 0.6 is 22.6 Å². The first-order valence-corrected chi connectivity index (χ1v) is 3.45. The van der Waals surface area contributed by atoms with Crippen LogP contribution in [0.4, 0.5) is 0 Å². The quantitative estimate of drug-likeness (QED) is 0.608. The Labute approximate surface area is 62.3 Å². The summed E-state index contributed by atoms with van der Waals surface area (Å²) in [5.74, 6) is 0. The third-order valence-electron chi connectivity index (χ3n) is 0.875. The highest BCUT2D eigenvalue weighted by Crippen LogP contribution is 2.00. The summed E-state index contributed by atoms with van der Waals surface area (Å²) in [6.45, 7) is 1.98. The van der Waals surface area contributed by atoms with Crippen molar-refractivity contribution in [1.29, 1.82) is 0 Å². The van der Waals surface area contributed by atoms with E-state index in [1.807, 2.05) is 25.3 Å². The first-order valence-electron chi connectivity index (χ1n) is 2.37. The van der Waals surface area contributed by atoms with Crippen LogP contribution in [0.25, 0.3) is 0 Å². The smallest absolute Gasteiger partial charge is 0.0404 e. The average molecular weight is 219 g/mol. The maximum absolute atomic E-state index is 4.07. The summed E-state index contributed by atoms with van der Waals surface area (Å²) in [4.78, 5) is 4.07. The molecule has 1 heterocycles. The molecule has 0 atom stereocenters. The molecule has 0 unspecified atom stereocenters. The molecule has 0 aromatic carbocycles. The van der Waals surface area contributed by atoms with Crippen LogP contribution in [0, 0.1) is 10.5 Å². The topological polar surface area (TPSA) is 12.9 Å². The van der Waals surface area contributed by atoms with Gasteiger partial charge in [-0.15, -0.1) is 0 Å². The summed E-state index contributed by atoms with van der Waals surface area (Å²) in [6.07, 6.45) is 1.86. The van der Waals surface area contributed by atoms with Crippen molar-refractivity contribution in [3.8, 4) is 0 Å². The van der Waals surface area contributed by atoms with Gasteiger partial charge < -0.3 is 0 Å². The van der Waals surface area contributed by atoms with Crippen molar-refractivity contribution in [2.75, 3.05) is 0 Å². The van der Waals surface area contributed by atoms with Gasteiger partial charge in [-0.05, 0) is 41.6 Å². The molecule has 0 spiro atoms. The molecule has 0 aliphatic heterocycles. The predicted molar refractivity (Wildman–Crippen MR) is 41.7 cm³/mol. The fraction of sp³-hybridized carbons (Fsp3) is 0.167. The van der Waals surface area contributed by atoms with Gasteiger partial charge in [0.2, 0.25) is 0 Å². The van der Waals surface area contributed by atoms with Crippen LogP contribution in [0.15, 0.2) is 18.3 Å². The Balaban J connectivity index is 3.03. The van der Waals surface area contributed by atoms with Gasteiger partial charge in [-0.25, -0.2) is 0 Å². The molecule has 1 rings (SSSR count). The number of halogens is 1. The maximum Gasteiger partial charge on any atom is 0.0404 e. The van der Waals surface area contributed by atoms with Crippen LogP contribution in [-0.2, 0) is 0 Å². The minimum absolute atomic E-state index is 1.07. The minimum atomic E-state index is 1.07. The van der Waals surface area contributed by atoms with Crippen molar-refractivity contribution in [3.63, 3.8) is 0 Å². The highest BCUT2D eigenvalue weighted by Gasteiger charge is 1.82. The average Bonchev–Trinajstić information content (AvgIpc) is 1.77. The van der Waals surface area contributed by atoms with Gasteiger partial charge in [-0.3, -0.25) is 4.98 Å². The molecule has 0 saturated carbocycles. The Morgan fingerprint density at radius 1 is 1.50 bits per heavy atom. The van der Waals surface area contributed by atoms with Crippen LogP contribution in [-0.4, -0.2) is 4.98 Å². The fourth-order valence-corrected chi connectivity index (χ4v) is 0.769. The summed E-state index contributed by atoms with van der Waals surface area (Å²) >= 11 is 2.23. The van der Waals surface area contributed by atoms with Crippen LogP contribution < -0.4 is 0 Å². The summed E-state index contributed by atoms with van der Waals surface area (Å²) < 4.78 is 1.19. The van der Waals surface area contributed by atoms with Gasteiger partial charge in [-0.2, -0.15) is 0 Å². The van der Waals surface area contributed by atoms with Crippen molar-refractivity contribution >= 4 is 22.6 Å². The van der Waals surface area contributed by atoms with E-state index >= 15 is 0 Å². The molecule has 0 saturated heterocycles. The van der Waals surface area contributed by atoms with Crippen molar-refractivity contribution in [2.45, 2.75) is 6.92 Å². The van der Waals surface area contributed by atoms with Crippen LogP contribution in [0.5, 0.6) is 0 Å². The second-order valence-corrected chi connectivity index (χ2v) is 2.86. The van der Waals surface area contributed by atoms with E-state index in [4.69, 9.17) is 0 Å². The Morgan fingerprint density at radius 3 is 2.62 bits per heavy atom. The molecule has 2 heteroatoms. The number of hydrogen-bond donors (Lipinski definition) is 0. The summed E-state index contributed by atoms with van der Waals surface area (Å²) in [5.41, 5.74) is 1.07. The van der Waals surface area contributed by atoms with Crippen LogP contribution in [0.3, 0.4) is 0 Å². The molecule has 1 aromatic rings. The third kappa shape index (κ3) is 1.43. The molecule has 0 bridgehead atoms. The summed E-state index contributed by atoms with van der Waals surface area (Å²) in [5, 5.41) is 0.